The third-order valence-electron chi connectivity index (χ3n) is 3.51. The molecule has 3 N–H and O–H groups in total. The van der Waals surface area contributed by atoms with E-state index in [0.29, 0.717) is 16.8 Å². The molecule has 0 saturated heterocycles. The van der Waals surface area contributed by atoms with Crippen molar-refractivity contribution in [2.24, 2.45) is 0 Å². The van der Waals surface area contributed by atoms with Gasteiger partial charge in [-0.3, -0.25) is 4.79 Å². The highest BCUT2D eigenvalue weighted by atomic mass is 19.1. The Hall–Kier alpha value is -2.36. The predicted octanol–water partition coefficient (Wildman–Crippen LogP) is 4.09. The maximum atomic E-state index is 13.6. The fourth-order valence-corrected chi connectivity index (χ4v) is 2.18. The molecule has 2 rings (SSSR count). The third kappa shape index (κ3) is 3.40. The van der Waals surface area contributed by atoms with Crippen LogP contribution in [0.1, 0.15) is 41.4 Å². The van der Waals surface area contributed by atoms with E-state index in [4.69, 9.17) is 5.73 Å². The lowest BCUT2D eigenvalue weighted by atomic mass is 10.0. The molecule has 3 nitrogen and oxygen atoms in total. The molecule has 1 atom stereocenters. The second-order valence-corrected chi connectivity index (χ2v) is 5.23. The highest BCUT2D eigenvalue weighted by Crippen LogP contribution is 2.24. The maximum absolute atomic E-state index is 13.6. The summed E-state index contributed by atoms with van der Waals surface area (Å²) in [6, 6.07) is 10.3. The van der Waals surface area contributed by atoms with E-state index in [1.165, 1.54) is 13.0 Å². The zero-order valence-electron chi connectivity index (χ0n) is 12.4. The van der Waals surface area contributed by atoms with Gasteiger partial charge in [0.2, 0.25) is 0 Å². The number of carbonyl (C=O) groups excluding carboxylic acids is 1. The topological polar surface area (TPSA) is 55.1 Å². The lowest BCUT2D eigenvalue weighted by molar-refractivity contribution is 0.101. The van der Waals surface area contributed by atoms with Gasteiger partial charge in [0.25, 0.3) is 0 Å². The summed E-state index contributed by atoms with van der Waals surface area (Å²) in [5.41, 5.74) is 9.09. The standard InChI is InChI=1S/C17H19FN2O/c1-10-4-5-13(8-16(10)18)11(2)20-14-6-7-15(12(3)21)17(19)9-14/h4-9,11,20H,19H2,1-3H3. The summed E-state index contributed by atoms with van der Waals surface area (Å²) in [6.07, 6.45) is 0. The molecule has 0 heterocycles. The fraction of sp³-hybridized carbons (Fsp3) is 0.235. The lowest BCUT2D eigenvalue weighted by Crippen LogP contribution is -2.08. The van der Waals surface area contributed by atoms with Gasteiger partial charge in [0, 0.05) is 23.0 Å². The molecule has 2 aromatic rings. The Morgan fingerprint density at radius 2 is 1.95 bits per heavy atom. The Labute approximate surface area is 124 Å². The number of hydrogen-bond donors (Lipinski definition) is 2. The monoisotopic (exact) mass is 286 g/mol. The van der Waals surface area contributed by atoms with E-state index in [0.717, 1.165) is 11.3 Å². The molecule has 0 aliphatic heterocycles. The molecule has 21 heavy (non-hydrogen) atoms. The van der Waals surface area contributed by atoms with Crippen LogP contribution in [0.3, 0.4) is 0 Å². The highest BCUT2D eigenvalue weighted by Gasteiger charge is 2.10. The average Bonchev–Trinajstić information content (AvgIpc) is 2.41. The second kappa shape index (κ2) is 5.95. The first-order valence-corrected chi connectivity index (χ1v) is 6.81. The fourth-order valence-electron chi connectivity index (χ4n) is 2.18. The molecule has 0 fully saturated rings. The molecule has 0 radical (unpaired) electrons. The summed E-state index contributed by atoms with van der Waals surface area (Å²) in [5, 5.41) is 3.25. The predicted molar refractivity (Wildman–Crippen MR) is 84.0 cm³/mol. The first-order valence-electron chi connectivity index (χ1n) is 6.81. The number of anilines is 2. The molecule has 4 heteroatoms. The number of nitrogen functional groups attached to an aromatic ring is 1. The second-order valence-electron chi connectivity index (χ2n) is 5.23. The molecule has 110 valence electrons. The van der Waals surface area contributed by atoms with Gasteiger partial charge in [-0.05, 0) is 56.2 Å². The van der Waals surface area contributed by atoms with E-state index in [1.807, 2.05) is 13.0 Å². The van der Waals surface area contributed by atoms with Gasteiger partial charge in [-0.15, -0.1) is 0 Å². The van der Waals surface area contributed by atoms with Crippen molar-refractivity contribution in [3.8, 4) is 0 Å². The molecule has 0 amide bonds. The largest absolute Gasteiger partial charge is 0.398 e. The molecule has 2 aromatic carbocycles. The van der Waals surface area contributed by atoms with Crippen LogP contribution < -0.4 is 11.1 Å². The van der Waals surface area contributed by atoms with E-state index in [-0.39, 0.29) is 17.6 Å². The number of rotatable bonds is 4. The van der Waals surface area contributed by atoms with Crippen LogP contribution in [0, 0.1) is 12.7 Å². The SMILES string of the molecule is CC(=O)c1ccc(NC(C)c2ccc(C)c(F)c2)cc1N. The minimum absolute atomic E-state index is 0.0623. The van der Waals surface area contributed by atoms with Crippen LogP contribution in [-0.4, -0.2) is 5.78 Å². The number of hydrogen-bond acceptors (Lipinski definition) is 3. The Morgan fingerprint density at radius 1 is 1.24 bits per heavy atom. The zero-order chi connectivity index (χ0) is 15.6. The minimum atomic E-state index is -0.215. The van der Waals surface area contributed by atoms with Gasteiger partial charge in [0.05, 0.1) is 0 Å². The van der Waals surface area contributed by atoms with Gasteiger partial charge < -0.3 is 11.1 Å². The number of ketones is 1. The number of halogens is 1. The van der Waals surface area contributed by atoms with Crippen LogP contribution in [0.15, 0.2) is 36.4 Å². The number of nitrogens with one attached hydrogen (secondary N) is 1. The number of Topliss-reactive ketones (excluding diaryl/α,β-unsaturated/α-hetero) is 1. The minimum Gasteiger partial charge on any atom is -0.398 e. The number of benzene rings is 2. The quantitative estimate of drug-likeness (QED) is 0.657. The van der Waals surface area contributed by atoms with Crippen LogP contribution in [0.25, 0.3) is 0 Å². The van der Waals surface area contributed by atoms with Gasteiger partial charge >= 0.3 is 0 Å². The summed E-state index contributed by atoms with van der Waals surface area (Å²) < 4.78 is 13.6. The van der Waals surface area contributed by atoms with Crippen LogP contribution in [0.2, 0.25) is 0 Å². The molecule has 0 aliphatic rings. The van der Waals surface area contributed by atoms with Crippen LogP contribution >= 0.6 is 0 Å². The number of carbonyl (C=O) groups is 1. The molecule has 1 unspecified atom stereocenters. The Morgan fingerprint density at radius 3 is 2.52 bits per heavy atom. The molecule has 0 aromatic heterocycles. The van der Waals surface area contributed by atoms with Crippen molar-refractivity contribution >= 4 is 17.2 Å². The van der Waals surface area contributed by atoms with E-state index < -0.39 is 0 Å². The summed E-state index contributed by atoms with van der Waals surface area (Å²) >= 11 is 0. The first kappa shape index (κ1) is 15.0. The van der Waals surface area contributed by atoms with Gasteiger partial charge in [-0.25, -0.2) is 4.39 Å². The van der Waals surface area contributed by atoms with Crippen LogP contribution in [0.4, 0.5) is 15.8 Å². The lowest BCUT2D eigenvalue weighted by Gasteiger charge is -2.17. The molecular formula is C17H19FN2O. The molecular weight excluding hydrogens is 267 g/mol. The smallest absolute Gasteiger partial charge is 0.161 e. The number of nitrogens with two attached hydrogens (primary N) is 1. The molecule has 0 bridgehead atoms. The normalized spacial score (nSPS) is 12.0. The Balaban J connectivity index is 2.19. The van der Waals surface area contributed by atoms with E-state index in [9.17, 15) is 9.18 Å². The third-order valence-corrected chi connectivity index (χ3v) is 3.51. The number of aryl methyl sites for hydroxylation is 1. The van der Waals surface area contributed by atoms with Crippen molar-refractivity contribution in [2.75, 3.05) is 11.1 Å². The zero-order valence-corrected chi connectivity index (χ0v) is 12.4. The maximum Gasteiger partial charge on any atom is 0.161 e. The summed E-state index contributed by atoms with van der Waals surface area (Å²) in [5.74, 6) is -0.278. The van der Waals surface area contributed by atoms with Crippen LogP contribution in [-0.2, 0) is 0 Å². The van der Waals surface area contributed by atoms with Gasteiger partial charge in [-0.1, -0.05) is 12.1 Å². The Kier molecular flexibility index (Phi) is 4.26. The highest BCUT2D eigenvalue weighted by molar-refractivity contribution is 5.99. The summed E-state index contributed by atoms with van der Waals surface area (Å²) in [4.78, 5) is 11.3. The first-order chi connectivity index (χ1) is 9.88. The van der Waals surface area contributed by atoms with Crippen molar-refractivity contribution in [3.63, 3.8) is 0 Å². The summed E-state index contributed by atoms with van der Waals surface area (Å²) in [6.45, 7) is 5.16. The van der Waals surface area contributed by atoms with Crippen molar-refractivity contribution < 1.29 is 9.18 Å². The molecule has 0 saturated carbocycles. The summed E-state index contributed by atoms with van der Waals surface area (Å²) in [7, 11) is 0. The Bertz CT molecular complexity index is 682. The van der Waals surface area contributed by atoms with E-state index in [1.54, 1.807) is 31.2 Å². The molecule has 0 spiro atoms. The van der Waals surface area contributed by atoms with E-state index in [2.05, 4.69) is 5.32 Å². The van der Waals surface area contributed by atoms with Crippen molar-refractivity contribution in [3.05, 3.63) is 58.9 Å². The average molecular weight is 286 g/mol. The van der Waals surface area contributed by atoms with Crippen molar-refractivity contribution in [2.45, 2.75) is 26.8 Å². The van der Waals surface area contributed by atoms with Crippen molar-refractivity contribution in [1.29, 1.82) is 0 Å². The van der Waals surface area contributed by atoms with Gasteiger partial charge in [0.15, 0.2) is 5.78 Å². The van der Waals surface area contributed by atoms with Crippen molar-refractivity contribution in [1.82, 2.24) is 0 Å². The molecule has 0 aliphatic carbocycles. The van der Waals surface area contributed by atoms with Gasteiger partial charge in [0.1, 0.15) is 5.82 Å². The van der Waals surface area contributed by atoms with Crippen LogP contribution in [0.5, 0.6) is 0 Å². The van der Waals surface area contributed by atoms with E-state index >= 15 is 0 Å². The van der Waals surface area contributed by atoms with Gasteiger partial charge in [-0.2, -0.15) is 0 Å².